The zero-order valence-electron chi connectivity index (χ0n) is 13.2. The molecule has 120 valence electrons. The lowest BCUT2D eigenvalue weighted by atomic mass is 9.96. The minimum atomic E-state index is -0.165. The molecule has 0 amide bonds. The molecule has 0 saturated carbocycles. The van der Waals surface area contributed by atoms with Crippen LogP contribution in [-0.4, -0.2) is 36.3 Å². The Morgan fingerprint density at radius 2 is 1.04 bits per heavy atom. The molecule has 0 N–H and O–H groups in total. The predicted octanol–water partition coefficient (Wildman–Crippen LogP) is 1.83. The summed E-state index contributed by atoms with van der Waals surface area (Å²) >= 11 is 0. The minimum Gasteiger partial charge on any atom is -0.381 e. The molecule has 0 bridgehead atoms. The molecule has 5 heteroatoms. The van der Waals surface area contributed by atoms with Gasteiger partial charge in [-0.15, -0.1) is 0 Å². The normalized spacial score (nSPS) is 18.5. The number of ketones is 4. The second kappa shape index (κ2) is 7.24. The second-order valence-electron chi connectivity index (χ2n) is 5.56. The second-order valence-corrected chi connectivity index (χ2v) is 5.56. The van der Waals surface area contributed by atoms with E-state index in [1.807, 2.05) is 0 Å². The molecule has 0 aromatic rings. The van der Waals surface area contributed by atoms with Crippen molar-refractivity contribution in [2.75, 3.05) is 13.2 Å². The zero-order valence-corrected chi connectivity index (χ0v) is 13.2. The van der Waals surface area contributed by atoms with Crippen molar-refractivity contribution in [3.8, 4) is 0 Å². The Balaban J connectivity index is 1.75. The standard InChI is InChI=1S/C18H18O5/c1-11-7-17(21)13(9-15(11)19)3-5-23-6-4-14-10-16(20)12(2)8-18(14)22/h7-10H,3-6H2,1-2H3. The molecular formula is C18H18O5. The SMILES string of the molecule is CC1=CC(=O)C(CCOCCC2=CC(=O)C(C)=CC2=O)=CC1=O. The van der Waals surface area contributed by atoms with Crippen LogP contribution in [0.4, 0.5) is 0 Å². The van der Waals surface area contributed by atoms with E-state index in [4.69, 9.17) is 4.74 Å². The van der Waals surface area contributed by atoms with Crippen molar-refractivity contribution in [1.82, 2.24) is 0 Å². The van der Waals surface area contributed by atoms with Gasteiger partial charge in [-0.2, -0.15) is 0 Å². The van der Waals surface area contributed by atoms with Crippen LogP contribution in [0.2, 0.25) is 0 Å². The number of hydrogen-bond donors (Lipinski definition) is 0. The van der Waals surface area contributed by atoms with Gasteiger partial charge in [0.25, 0.3) is 0 Å². The van der Waals surface area contributed by atoms with Crippen LogP contribution in [0.5, 0.6) is 0 Å². The Labute approximate surface area is 134 Å². The Morgan fingerprint density at radius 3 is 1.43 bits per heavy atom. The van der Waals surface area contributed by atoms with Crippen molar-refractivity contribution >= 4 is 23.1 Å². The van der Waals surface area contributed by atoms with Crippen LogP contribution >= 0.6 is 0 Å². The summed E-state index contributed by atoms with van der Waals surface area (Å²) in [5.41, 5.74) is 1.75. The summed E-state index contributed by atoms with van der Waals surface area (Å²) in [6.07, 6.45) is 6.06. The summed E-state index contributed by atoms with van der Waals surface area (Å²) in [5.74, 6) is -0.638. The van der Waals surface area contributed by atoms with E-state index in [1.165, 1.54) is 24.3 Å². The first-order chi connectivity index (χ1) is 10.9. The van der Waals surface area contributed by atoms with Gasteiger partial charge >= 0.3 is 0 Å². The van der Waals surface area contributed by atoms with Crippen LogP contribution in [0, 0.1) is 0 Å². The van der Waals surface area contributed by atoms with Gasteiger partial charge in [-0.25, -0.2) is 0 Å². The number of hydrogen-bond acceptors (Lipinski definition) is 5. The van der Waals surface area contributed by atoms with Crippen molar-refractivity contribution in [2.45, 2.75) is 26.7 Å². The van der Waals surface area contributed by atoms with Crippen molar-refractivity contribution in [1.29, 1.82) is 0 Å². The molecule has 0 atom stereocenters. The van der Waals surface area contributed by atoms with Crippen LogP contribution in [-0.2, 0) is 23.9 Å². The molecule has 0 saturated heterocycles. The number of rotatable bonds is 6. The minimum absolute atomic E-state index is 0.154. The van der Waals surface area contributed by atoms with Gasteiger partial charge in [0.15, 0.2) is 23.1 Å². The fourth-order valence-corrected chi connectivity index (χ4v) is 2.26. The summed E-state index contributed by atoms with van der Waals surface area (Å²) < 4.78 is 5.41. The highest BCUT2D eigenvalue weighted by Gasteiger charge is 2.18. The average molecular weight is 314 g/mol. The fraction of sp³-hybridized carbons (Fsp3) is 0.333. The molecule has 0 radical (unpaired) electrons. The van der Waals surface area contributed by atoms with Crippen molar-refractivity contribution in [3.63, 3.8) is 0 Å². The molecule has 0 aromatic carbocycles. The van der Waals surface area contributed by atoms with E-state index in [0.717, 1.165) is 0 Å². The number of carbonyl (C=O) groups is 4. The molecule has 0 spiro atoms. The summed E-state index contributed by atoms with van der Waals surface area (Å²) in [6.45, 7) is 3.77. The fourth-order valence-electron chi connectivity index (χ4n) is 2.26. The monoisotopic (exact) mass is 314 g/mol. The Morgan fingerprint density at radius 1 is 0.652 bits per heavy atom. The van der Waals surface area contributed by atoms with Crippen molar-refractivity contribution in [2.24, 2.45) is 0 Å². The number of carbonyl (C=O) groups excluding carboxylic acids is 4. The van der Waals surface area contributed by atoms with Crippen LogP contribution in [0.25, 0.3) is 0 Å². The Hall–Kier alpha value is -2.40. The van der Waals surface area contributed by atoms with Gasteiger partial charge in [-0.3, -0.25) is 19.2 Å². The van der Waals surface area contributed by atoms with Gasteiger partial charge in [0, 0.05) is 22.3 Å². The number of ether oxygens (including phenoxy) is 1. The molecule has 5 nitrogen and oxygen atoms in total. The highest BCUT2D eigenvalue weighted by molar-refractivity contribution is 6.20. The topological polar surface area (TPSA) is 77.5 Å². The third-order valence-electron chi connectivity index (χ3n) is 3.75. The van der Waals surface area contributed by atoms with Crippen molar-refractivity contribution < 1.29 is 23.9 Å². The lowest BCUT2D eigenvalue weighted by Crippen LogP contribution is -2.15. The lowest BCUT2D eigenvalue weighted by molar-refractivity contribution is -0.115. The zero-order chi connectivity index (χ0) is 17.0. The Bertz CT molecular complexity index is 641. The Kier molecular flexibility index (Phi) is 5.34. The first-order valence-electron chi connectivity index (χ1n) is 7.41. The maximum atomic E-state index is 11.7. The van der Waals surface area contributed by atoms with Gasteiger partial charge < -0.3 is 4.74 Å². The molecule has 2 rings (SSSR count). The molecule has 2 aliphatic rings. The molecule has 23 heavy (non-hydrogen) atoms. The lowest BCUT2D eigenvalue weighted by Gasteiger charge is -2.11. The summed E-state index contributed by atoms with van der Waals surface area (Å²) in [7, 11) is 0. The first kappa shape index (κ1) is 17.0. The molecule has 0 aromatic heterocycles. The molecule has 0 unspecified atom stereocenters. The van der Waals surface area contributed by atoms with E-state index >= 15 is 0 Å². The van der Waals surface area contributed by atoms with Gasteiger partial charge in [0.1, 0.15) is 0 Å². The summed E-state index contributed by atoms with van der Waals surface area (Å²) in [4.78, 5) is 46.5. The smallest absolute Gasteiger partial charge is 0.182 e. The largest absolute Gasteiger partial charge is 0.381 e. The van der Waals surface area contributed by atoms with E-state index in [9.17, 15) is 19.2 Å². The summed E-state index contributed by atoms with van der Waals surface area (Å²) in [5, 5.41) is 0. The van der Waals surface area contributed by atoms with Crippen LogP contribution in [0.3, 0.4) is 0 Å². The van der Waals surface area contributed by atoms with Crippen LogP contribution in [0.1, 0.15) is 26.7 Å². The van der Waals surface area contributed by atoms with Crippen LogP contribution < -0.4 is 0 Å². The van der Waals surface area contributed by atoms with E-state index in [0.29, 0.717) is 35.1 Å². The maximum Gasteiger partial charge on any atom is 0.182 e. The van der Waals surface area contributed by atoms with E-state index < -0.39 is 0 Å². The third kappa shape index (κ3) is 4.29. The summed E-state index contributed by atoms with van der Waals surface area (Å²) in [6, 6.07) is 0. The highest BCUT2D eigenvalue weighted by Crippen LogP contribution is 2.16. The van der Waals surface area contributed by atoms with Crippen LogP contribution in [0.15, 0.2) is 46.6 Å². The third-order valence-corrected chi connectivity index (χ3v) is 3.75. The van der Waals surface area contributed by atoms with Gasteiger partial charge in [0.2, 0.25) is 0 Å². The van der Waals surface area contributed by atoms with E-state index in [2.05, 4.69) is 0 Å². The quantitative estimate of drug-likeness (QED) is 0.552. The average Bonchev–Trinajstić information content (AvgIpc) is 2.49. The highest BCUT2D eigenvalue weighted by atomic mass is 16.5. The molecule has 2 aliphatic carbocycles. The molecule has 0 aliphatic heterocycles. The number of allylic oxidation sites excluding steroid dienone is 6. The van der Waals surface area contributed by atoms with Gasteiger partial charge in [-0.1, -0.05) is 0 Å². The van der Waals surface area contributed by atoms with E-state index in [1.54, 1.807) is 13.8 Å². The van der Waals surface area contributed by atoms with Gasteiger partial charge in [0.05, 0.1) is 13.2 Å². The van der Waals surface area contributed by atoms with Gasteiger partial charge in [-0.05, 0) is 51.0 Å². The van der Waals surface area contributed by atoms with E-state index in [-0.39, 0.29) is 36.3 Å². The molecular weight excluding hydrogens is 296 g/mol. The predicted molar refractivity (Wildman–Crippen MR) is 83.8 cm³/mol. The van der Waals surface area contributed by atoms with Crippen molar-refractivity contribution in [3.05, 3.63) is 46.6 Å². The molecule has 0 heterocycles. The maximum absolute atomic E-state index is 11.7. The molecule has 0 fully saturated rings. The first-order valence-corrected chi connectivity index (χ1v) is 7.41.